The molecule has 0 unspecified atom stereocenters. The molecule has 1 heterocycles. The maximum atomic E-state index is 13.1. The number of halogens is 4. The molecule has 7 heteroatoms. The normalized spacial score (nSPS) is 17.3. The second-order valence-corrected chi connectivity index (χ2v) is 5.01. The molecule has 1 aliphatic rings. The highest BCUT2D eigenvalue weighted by molar-refractivity contribution is 6.56. The van der Waals surface area contributed by atoms with Gasteiger partial charge in [-0.1, -0.05) is 6.07 Å². The summed E-state index contributed by atoms with van der Waals surface area (Å²) in [6.07, 6.45) is -3.63. The average molecular weight is 287 g/mol. The number of carbonyl (C=O) groups is 1. The van der Waals surface area contributed by atoms with E-state index in [2.05, 4.69) is 0 Å². The van der Waals surface area contributed by atoms with Crippen molar-refractivity contribution in [2.45, 2.75) is 24.9 Å². The minimum Gasteiger partial charge on any atom is -0.352 e. The monoisotopic (exact) mass is 287 g/mol. The molecular weight excluding hydrogens is 273 g/mol. The number of nitrogens with zero attached hydrogens (tertiary/aromatic N) is 1. The van der Waals surface area contributed by atoms with Gasteiger partial charge in [-0.3, -0.25) is 4.79 Å². The van der Waals surface area contributed by atoms with Gasteiger partial charge in [0.05, 0.1) is 5.56 Å². The summed E-state index contributed by atoms with van der Waals surface area (Å²) in [6.45, 7) is 0.878. The van der Waals surface area contributed by atoms with Crippen molar-refractivity contribution in [1.29, 1.82) is 0 Å². The Labute approximate surface area is 115 Å². The molecule has 1 aromatic carbocycles. The molecule has 1 saturated heterocycles. The summed E-state index contributed by atoms with van der Waals surface area (Å²) in [7, 11) is 1.44. The molecule has 2 nitrogen and oxygen atoms in total. The van der Waals surface area contributed by atoms with Gasteiger partial charge in [0, 0.05) is 13.1 Å². The van der Waals surface area contributed by atoms with Crippen molar-refractivity contribution in [3.8, 4) is 0 Å². The zero-order valence-electron chi connectivity index (χ0n) is 11.0. The van der Waals surface area contributed by atoms with Gasteiger partial charge < -0.3 is 4.90 Å². The molecule has 20 heavy (non-hydrogen) atoms. The Morgan fingerprint density at radius 2 is 1.85 bits per heavy atom. The Balaban J connectivity index is 2.24. The first-order chi connectivity index (χ1) is 9.29. The molecule has 1 aliphatic heterocycles. The number of carbonyl (C=O) groups excluding carboxylic acids is 1. The zero-order chi connectivity index (χ0) is 14.9. The molecule has 0 aliphatic carbocycles. The molecule has 1 aromatic rings. The lowest BCUT2D eigenvalue weighted by molar-refractivity contribution is -0.138. The van der Waals surface area contributed by atoms with E-state index in [1.165, 1.54) is 13.9 Å². The topological polar surface area (TPSA) is 20.3 Å². The Kier molecular flexibility index (Phi) is 4.06. The predicted molar refractivity (Wildman–Crippen MR) is 68.9 cm³/mol. The van der Waals surface area contributed by atoms with Gasteiger partial charge in [-0.25, -0.2) is 4.39 Å². The van der Waals surface area contributed by atoms with Crippen LogP contribution >= 0.6 is 0 Å². The fraction of sp³-hybridized carbons (Fsp3) is 0.462. The lowest BCUT2D eigenvalue weighted by Crippen LogP contribution is -2.37. The van der Waals surface area contributed by atoms with E-state index in [9.17, 15) is 22.4 Å². The van der Waals surface area contributed by atoms with Crippen LogP contribution in [0.2, 0.25) is 0 Å². The summed E-state index contributed by atoms with van der Waals surface area (Å²) in [4.78, 5) is 12.8. The van der Waals surface area contributed by atoms with E-state index in [-0.39, 0.29) is 17.3 Å². The van der Waals surface area contributed by atoms with E-state index in [1.54, 1.807) is 4.90 Å². The van der Waals surface area contributed by atoms with Gasteiger partial charge in [0.2, 0.25) is 7.85 Å². The number of rotatable bonds is 1. The third-order valence-corrected chi connectivity index (χ3v) is 3.70. The van der Waals surface area contributed by atoms with Crippen molar-refractivity contribution in [2.24, 2.45) is 0 Å². The molecular formula is C13H14BF4NO. The van der Waals surface area contributed by atoms with E-state index in [4.69, 9.17) is 0 Å². The van der Waals surface area contributed by atoms with Crippen LogP contribution in [0.3, 0.4) is 0 Å². The molecule has 2 rings (SSSR count). The second kappa shape index (κ2) is 5.46. The molecule has 1 amide bonds. The lowest BCUT2D eigenvalue weighted by Gasteiger charge is -2.33. The van der Waals surface area contributed by atoms with Gasteiger partial charge in [-0.2, -0.15) is 13.2 Å². The fourth-order valence-corrected chi connectivity index (χ4v) is 2.64. The smallest absolute Gasteiger partial charge is 0.352 e. The summed E-state index contributed by atoms with van der Waals surface area (Å²) in [5, 5.41) is 0. The standard InChI is InChI=1S/C13H14BF4NO/c14-12(20)19-5-3-8(4-6-19)10-2-1-9(15)7-11(10)13(16,17)18/h1-2,7-8H,3-6,14H2. The Morgan fingerprint density at radius 3 is 2.35 bits per heavy atom. The van der Waals surface area contributed by atoms with Crippen molar-refractivity contribution >= 4 is 13.7 Å². The summed E-state index contributed by atoms with van der Waals surface area (Å²) >= 11 is 0. The van der Waals surface area contributed by atoms with Crippen LogP contribution in [-0.4, -0.2) is 31.6 Å². The first-order valence-electron chi connectivity index (χ1n) is 6.41. The largest absolute Gasteiger partial charge is 0.416 e. The first-order valence-corrected chi connectivity index (χ1v) is 6.41. The lowest BCUT2D eigenvalue weighted by atomic mass is 9.85. The van der Waals surface area contributed by atoms with Crippen molar-refractivity contribution in [3.05, 3.63) is 35.1 Å². The third-order valence-electron chi connectivity index (χ3n) is 3.70. The number of amides is 1. The predicted octanol–water partition coefficient (Wildman–Crippen LogP) is 2.78. The Bertz CT molecular complexity index is 510. The Hall–Kier alpha value is -1.53. The van der Waals surface area contributed by atoms with Crippen LogP contribution in [0.15, 0.2) is 18.2 Å². The number of hydrogen-bond donors (Lipinski definition) is 0. The van der Waals surface area contributed by atoms with Gasteiger partial charge in [0.25, 0.3) is 0 Å². The number of alkyl halides is 3. The molecule has 0 atom stereocenters. The van der Waals surface area contributed by atoms with Gasteiger partial charge in [-0.05, 0) is 36.5 Å². The van der Waals surface area contributed by atoms with Gasteiger partial charge >= 0.3 is 6.18 Å². The highest BCUT2D eigenvalue weighted by Gasteiger charge is 2.36. The van der Waals surface area contributed by atoms with Crippen LogP contribution in [0, 0.1) is 5.82 Å². The van der Waals surface area contributed by atoms with Crippen molar-refractivity contribution in [3.63, 3.8) is 0 Å². The summed E-state index contributed by atoms with van der Waals surface area (Å²) < 4.78 is 51.9. The van der Waals surface area contributed by atoms with E-state index >= 15 is 0 Å². The molecule has 0 saturated carbocycles. The van der Waals surface area contributed by atoms with Gasteiger partial charge in [0.1, 0.15) is 5.82 Å². The minimum absolute atomic E-state index is 0.0707. The highest BCUT2D eigenvalue weighted by atomic mass is 19.4. The summed E-state index contributed by atoms with van der Waals surface area (Å²) in [6, 6.07) is 2.82. The molecule has 0 N–H and O–H groups in total. The van der Waals surface area contributed by atoms with Crippen molar-refractivity contribution < 1.29 is 22.4 Å². The van der Waals surface area contributed by atoms with E-state index in [0.29, 0.717) is 32.0 Å². The highest BCUT2D eigenvalue weighted by Crippen LogP contribution is 2.39. The van der Waals surface area contributed by atoms with E-state index in [1.807, 2.05) is 0 Å². The maximum Gasteiger partial charge on any atom is 0.416 e. The fourth-order valence-electron chi connectivity index (χ4n) is 2.64. The molecule has 0 bridgehead atoms. The van der Waals surface area contributed by atoms with E-state index < -0.39 is 17.6 Å². The summed E-state index contributed by atoms with van der Waals surface area (Å²) in [5.74, 6) is -1.25. The van der Waals surface area contributed by atoms with Crippen LogP contribution in [0.1, 0.15) is 29.9 Å². The molecule has 0 spiro atoms. The minimum atomic E-state index is -4.56. The molecule has 1 fully saturated rings. The van der Waals surface area contributed by atoms with Crippen LogP contribution in [0.5, 0.6) is 0 Å². The SMILES string of the molecule is BC(=O)N1CCC(c2ccc(F)cc2C(F)(F)F)CC1. The van der Waals surface area contributed by atoms with Crippen molar-refractivity contribution in [1.82, 2.24) is 4.90 Å². The van der Waals surface area contributed by atoms with Crippen LogP contribution in [0.4, 0.5) is 22.4 Å². The molecule has 0 radical (unpaired) electrons. The molecule has 108 valence electrons. The number of likely N-dealkylation sites (tertiary alicyclic amines) is 1. The average Bonchev–Trinajstić information content (AvgIpc) is 2.38. The van der Waals surface area contributed by atoms with Crippen LogP contribution < -0.4 is 0 Å². The van der Waals surface area contributed by atoms with Crippen LogP contribution in [-0.2, 0) is 6.18 Å². The zero-order valence-corrected chi connectivity index (χ0v) is 11.0. The molecule has 0 aromatic heterocycles. The van der Waals surface area contributed by atoms with E-state index in [0.717, 1.165) is 6.07 Å². The van der Waals surface area contributed by atoms with Gasteiger partial charge in [0.15, 0.2) is 5.81 Å². The van der Waals surface area contributed by atoms with Crippen LogP contribution in [0.25, 0.3) is 0 Å². The second-order valence-electron chi connectivity index (χ2n) is 5.01. The van der Waals surface area contributed by atoms with Crippen molar-refractivity contribution in [2.75, 3.05) is 13.1 Å². The first kappa shape index (κ1) is 14.9. The number of hydrogen-bond acceptors (Lipinski definition) is 1. The Morgan fingerprint density at radius 1 is 1.25 bits per heavy atom. The van der Waals surface area contributed by atoms with Gasteiger partial charge in [-0.15, -0.1) is 0 Å². The quantitative estimate of drug-likeness (QED) is 0.574. The third kappa shape index (κ3) is 3.14. The number of piperidine rings is 1. The summed E-state index contributed by atoms with van der Waals surface area (Å²) in [5.41, 5.74) is -0.777. The number of benzene rings is 1. The maximum absolute atomic E-state index is 13.1.